The van der Waals surface area contributed by atoms with Crippen LogP contribution >= 0.6 is 0 Å². The van der Waals surface area contributed by atoms with Crippen LogP contribution in [-0.2, 0) is 24.4 Å². The monoisotopic (exact) mass is 501 g/mol. The van der Waals surface area contributed by atoms with Gasteiger partial charge < -0.3 is 10.1 Å². The van der Waals surface area contributed by atoms with E-state index in [-0.39, 0.29) is 17.2 Å². The van der Waals surface area contributed by atoms with E-state index in [1.54, 1.807) is 38.1 Å². The average molecular weight is 502 g/mol. The number of hydrogen-bond acceptors (Lipinski definition) is 6. The van der Waals surface area contributed by atoms with E-state index in [1.165, 1.54) is 31.2 Å². The molecule has 1 N–H and O–H groups in total. The number of nitrogens with zero attached hydrogens (tertiary/aromatic N) is 2. The Hall–Kier alpha value is -3.24. The Bertz CT molecular complexity index is 1210. The molecule has 0 spiro atoms. The second-order valence-corrected chi connectivity index (χ2v) is 10.7. The van der Waals surface area contributed by atoms with Crippen molar-refractivity contribution in [3.8, 4) is 5.75 Å². The first-order valence-electron chi connectivity index (χ1n) is 11.4. The normalized spacial score (nSPS) is 16.6. The summed E-state index contributed by atoms with van der Waals surface area (Å²) in [6.45, 7) is 8.97. The van der Waals surface area contributed by atoms with Gasteiger partial charge in [0, 0.05) is 18.2 Å². The fourth-order valence-corrected chi connectivity index (χ4v) is 6.01. The van der Waals surface area contributed by atoms with E-state index in [0.29, 0.717) is 30.2 Å². The average Bonchev–Trinajstić information content (AvgIpc) is 3.07. The summed E-state index contributed by atoms with van der Waals surface area (Å²) in [6.07, 6.45) is 0.149. The van der Waals surface area contributed by atoms with Gasteiger partial charge >= 0.3 is 0 Å². The standard InChI is InChI=1S/C25H31N3O6S/c1-6-25(4,5)28(35(32,33)21-14-8-18(9-15-21)26-17(3)29)22-16-23(30)27(24(22)31)19-10-12-20(13-11-19)34-7-2/h8-15,22H,6-7,16H2,1-5H3,(H,26,29). The van der Waals surface area contributed by atoms with Crippen LogP contribution < -0.4 is 15.0 Å². The van der Waals surface area contributed by atoms with Crippen LogP contribution in [0.5, 0.6) is 5.75 Å². The number of carbonyl (C=O) groups is 3. The molecule has 1 fully saturated rings. The highest BCUT2D eigenvalue weighted by Crippen LogP contribution is 2.36. The predicted octanol–water partition coefficient (Wildman–Crippen LogP) is 3.56. The number of sulfonamides is 1. The molecule has 1 unspecified atom stereocenters. The molecule has 1 atom stereocenters. The van der Waals surface area contributed by atoms with E-state index in [4.69, 9.17) is 4.74 Å². The van der Waals surface area contributed by atoms with Crippen molar-refractivity contribution in [2.24, 2.45) is 0 Å². The van der Waals surface area contributed by atoms with Crippen molar-refractivity contribution in [2.45, 2.75) is 63.9 Å². The summed E-state index contributed by atoms with van der Waals surface area (Å²) in [5.41, 5.74) is -0.145. The summed E-state index contributed by atoms with van der Waals surface area (Å²) in [5, 5.41) is 2.60. The van der Waals surface area contributed by atoms with Gasteiger partial charge in [0.1, 0.15) is 11.8 Å². The third-order valence-corrected chi connectivity index (χ3v) is 8.14. The summed E-state index contributed by atoms with van der Waals surface area (Å²) >= 11 is 0. The third kappa shape index (κ3) is 5.38. The maximum atomic E-state index is 13.8. The lowest BCUT2D eigenvalue weighted by molar-refractivity contribution is -0.123. The molecule has 1 aliphatic heterocycles. The van der Waals surface area contributed by atoms with Crippen molar-refractivity contribution in [3.63, 3.8) is 0 Å². The molecule has 0 radical (unpaired) electrons. The van der Waals surface area contributed by atoms with Gasteiger partial charge in [0.05, 0.1) is 23.6 Å². The summed E-state index contributed by atoms with van der Waals surface area (Å²) in [7, 11) is -4.17. The Morgan fingerprint density at radius 2 is 1.69 bits per heavy atom. The Kier molecular flexibility index (Phi) is 7.66. The first-order chi connectivity index (χ1) is 16.4. The van der Waals surface area contributed by atoms with Crippen molar-refractivity contribution < 1.29 is 27.5 Å². The fraction of sp³-hybridized carbons (Fsp3) is 0.400. The van der Waals surface area contributed by atoms with Crippen molar-refractivity contribution in [3.05, 3.63) is 48.5 Å². The topological polar surface area (TPSA) is 113 Å². The zero-order valence-electron chi connectivity index (χ0n) is 20.6. The van der Waals surface area contributed by atoms with E-state index in [1.807, 2.05) is 13.8 Å². The lowest BCUT2D eigenvalue weighted by Gasteiger charge is -2.39. The second-order valence-electron chi connectivity index (χ2n) is 8.89. The molecule has 0 saturated carbocycles. The summed E-state index contributed by atoms with van der Waals surface area (Å²) in [4.78, 5) is 38.8. The SMILES string of the molecule is CCOc1ccc(N2C(=O)CC(N(C(C)(C)CC)S(=O)(=O)c3ccc(NC(C)=O)cc3)C2=O)cc1. The van der Waals surface area contributed by atoms with Crippen LogP contribution in [0.4, 0.5) is 11.4 Å². The molecule has 1 heterocycles. The maximum absolute atomic E-state index is 13.8. The van der Waals surface area contributed by atoms with E-state index < -0.39 is 33.4 Å². The van der Waals surface area contributed by atoms with Gasteiger partial charge in [0.15, 0.2) is 0 Å². The highest BCUT2D eigenvalue weighted by molar-refractivity contribution is 7.89. The molecule has 1 saturated heterocycles. The number of ether oxygens (including phenoxy) is 1. The molecule has 2 aromatic rings. The van der Waals surface area contributed by atoms with E-state index in [9.17, 15) is 22.8 Å². The molecule has 3 amide bonds. The van der Waals surface area contributed by atoms with Crippen molar-refractivity contribution in [1.82, 2.24) is 4.31 Å². The van der Waals surface area contributed by atoms with Crippen molar-refractivity contribution in [2.75, 3.05) is 16.8 Å². The van der Waals surface area contributed by atoms with E-state index >= 15 is 0 Å². The minimum atomic E-state index is -4.17. The maximum Gasteiger partial charge on any atom is 0.252 e. The smallest absolute Gasteiger partial charge is 0.252 e. The summed E-state index contributed by atoms with van der Waals surface area (Å²) in [5.74, 6) is -0.749. The lowest BCUT2D eigenvalue weighted by Crippen LogP contribution is -2.55. The molecule has 188 valence electrons. The number of hydrogen-bond donors (Lipinski definition) is 1. The van der Waals surface area contributed by atoms with Gasteiger partial charge in [0.2, 0.25) is 21.8 Å². The van der Waals surface area contributed by atoms with E-state index in [2.05, 4.69) is 5.32 Å². The highest BCUT2D eigenvalue weighted by atomic mass is 32.2. The van der Waals surface area contributed by atoms with E-state index in [0.717, 1.165) is 9.21 Å². The summed E-state index contributed by atoms with van der Waals surface area (Å²) in [6, 6.07) is 11.1. The van der Waals surface area contributed by atoms with Crippen LogP contribution in [0.1, 0.15) is 47.5 Å². The number of amides is 3. The Balaban J connectivity index is 1.99. The third-order valence-electron chi connectivity index (χ3n) is 6.01. The Morgan fingerprint density at radius 3 is 2.20 bits per heavy atom. The zero-order chi connectivity index (χ0) is 26.0. The van der Waals surface area contributed by atoms with Crippen molar-refractivity contribution in [1.29, 1.82) is 0 Å². The largest absolute Gasteiger partial charge is 0.494 e. The predicted molar refractivity (Wildman–Crippen MR) is 133 cm³/mol. The van der Waals surface area contributed by atoms with Crippen LogP contribution in [0.15, 0.2) is 53.4 Å². The van der Waals surface area contributed by atoms with Gasteiger partial charge in [-0.2, -0.15) is 4.31 Å². The van der Waals surface area contributed by atoms with Gasteiger partial charge in [-0.1, -0.05) is 6.92 Å². The van der Waals surface area contributed by atoms with Crippen LogP contribution in [-0.4, -0.2) is 48.6 Å². The Morgan fingerprint density at radius 1 is 1.09 bits per heavy atom. The molecule has 9 nitrogen and oxygen atoms in total. The molecule has 10 heteroatoms. The Labute approximate surface area is 206 Å². The van der Waals surface area contributed by atoms with Gasteiger partial charge in [0.25, 0.3) is 5.91 Å². The van der Waals surface area contributed by atoms with Crippen LogP contribution in [0.25, 0.3) is 0 Å². The van der Waals surface area contributed by atoms with Crippen LogP contribution in [0.2, 0.25) is 0 Å². The minimum Gasteiger partial charge on any atom is -0.494 e. The molecule has 0 bridgehead atoms. The van der Waals surface area contributed by atoms with Crippen LogP contribution in [0.3, 0.4) is 0 Å². The molecule has 2 aromatic carbocycles. The minimum absolute atomic E-state index is 0.0344. The lowest BCUT2D eigenvalue weighted by atomic mass is 10.00. The van der Waals surface area contributed by atoms with Gasteiger partial charge in [-0.05, 0) is 75.7 Å². The molecule has 1 aliphatic rings. The van der Waals surface area contributed by atoms with Gasteiger partial charge in [-0.3, -0.25) is 14.4 Å². The second kappa shape index (κ2) is 10.2. The number of nitrogens with one attached hydrogen (secondary N) is 1. The highest BCUT2D eigenvalue weighted by Gasteiger charge is 2.51. The fourth-order valence-electron chi connectivity index (χ4n) is 4.03. The quantitative estimate of drug-likeness (QED) is 0.526. The number of carbonyl (C=O) groups excluding carboxylic acids is 3. The number of anilines is 2. The van der Waals surface area contributed by atoms with Crippen LogP contribution in [0, 0.1) is 0 Å². The molecule has 35 heavy (non-hydrogen) atoms. The van der Waals surface area contributed by atoms with Gasteiger partial charge in [-0.15, -0.1) is 0 Å². The molecule has 3 rings (SSSR count). The molecule has 0 aliphatic carbocycles. The number of rotatable bonds is 9. The zero-order valence-corrected chi connectivity index (χ0v) is 21.4. The first-order valence-corrected chi connectivity index (χ1v) is 12.9. The molecular weight excluding hydrogens is 470 g/mol. The number of benzene rings is 2. The first kappa shape index (κ1) is 26.4. The van der Waals surface area contributed by atoms with Gasteiger partial charge in [-0.25, -0.2) is 13.3 Å². The van der Waals surface area contributed by atoms with Crippen molar-refractivity contribution >= 4 is 39.1 Å². The molecule has 0 aromatic heterocycles. The number of imide groups is 1. The molecular formula is C25H31N3O6S. The summed E-state index contributed by atoms with van der Waals surface area (Å²) < 4.78 is 34.2.